The molecule has 0 spiro atoms. The number of H-pyrrole nitrogens is 1. The highest BCUT2D eigenvalue weighted by atomic mass is 16.5. The Kier molecular flexibility index (Phi) is 5.43. The maximum absolute atomic E-state index is 12.4. The van der Waals surface area contributed by atoms with Gasteiger partial charge in [0.15, 0.2) is 11.5 Å². The van der Waals surface area contributed by atoms with Gasteiger partial charge in [0, 0.05) is 49.7 Å². The molecule has 1 fully saturated rings. The van der Waals surface area contributed by atoms with E-state index < -0.39 is 0 Å². The van der Waals surface area contributed by atoms with Crippen molar-refractivity contribution in [2.75, 3.05) is 46.9 Å². The molecule has 1 aromatic carbocycles. The molecule has 3 N–H and O–H groups in total. The van der Waals surface area contributed by atoms with Crippen LogP contribution < -0.4 is 20.8 Å². The van der Waals surface area contributed by atoms with Crippen LogP contribution in [0.15, 0.2) is 23.0 Å². The van der Waals surface area contributed by atoms with E-state index in [1.165, 1.54) is 0 Å². The lowest BCUT2D eigenvalue weighted by Crippen LogP contribution is -2.48. The molecule has 26 heavy (non-hydrogen) atoms. The largest absolute Gasteiger partial charge is 0.493 e. The standard InChI is InChI=1S/C18H24N4O4/c1-25-15-8-12-7-13(18(24)20-14(12)9-16(15)26-2)10-21-3-5-22(6-4-21)11-17(19)23/h7-9H,3-6,10-11H2,1-2H3,(H2,19,23)(H,20,24). The zero-order chi connectivity index (χ0) is 18.7. The minimum absolute atomic E-state index is 0.107. The van der Waals surface area contributed by atoms with Gasteiger partial charge in [0.2, 0.25) is 5.91 Å². The lowest BCUT2D eigenvalue weighted by Gasteiger charge is -2.33. The van der Waals surface area contributed by atoms with Crippen LogP contribution in [0, 0.1) is 0 Å². The van der Waals surface area contributed by atoms with E-state index in [9.17, 15) is 9.59 Å². The number of nitrogens with one attached hydrogen (secondary N) is 1. The number of benzene rings is 1. The molecule has 1 amide bonds. The van der Waals surface area contributed by atoms with Crippen molar-refractivity contribution in [3.63, 3.8) is 0 Å². The number of nitrogens with two attached hydrogens (primary N) is 1. The quantitative estimate of drug-likeness (QED) is 0.760. The summed E-state index contributed by atoms with van der Waals surface area (Å²) in [7, 11) is 3.15. The molecule has 3 rings (SSSR count). The van der Waals surface area contributed by atoms with Gasteiger partial charge >= 0.3 is 0 Å². The van der Waals surface area contributed by atoms with Gasteiger partial charge in [-0.3, -0.25) is 19.4 Å². The van der Waals surface area contributed by atoms with Gasteiger partial charge in [0.1, 0.15) is 0 Å². The number of amides is 1. The maximum Gasteiger partial charge on any atom is 0.252 e. The van der Waals surface area contributed by atoms with Gasteiger partial charge in [-0.25, -0.2) is 0 Å². The Labute approximate surface area is 151 Å². The van der Waals surface area contributed by atoms with Crippen molar-refractivity contribution in [3.8, 4) is 11.5 Å². The van der Waals surface area contributed by atoms with Gasteiger partial charge < -0.3 is 20.2 Å². The molecule has 0 bridgehead atoms. The lowest BCUT2D eigenvalue weighted by molar-refractivity contribution is -0.119. The predicted octanol–water partition coefficient (Wildman–Crippen LogP) is 0.148. The zero-order valence-corrected chi connectivity index (χ0v) is 15.1. The van der Waals surface area contributed by atoms with Gasteiger partial charge in [0.25, 0.3) is 5.56 Å². The lowest BCUT2D eigenvalue weighted by atomic mass is 10.1. The average Bonchev–Trinajstić information content (AvgIpc) is 2.62. The molecular formula is C18H24N4O4. The van der Waals surface area contributed by atoms with Crippen LogP contribution in [0.4, 0.5) is 0 Å². The van der Waals surface area contributed by atoms with Crippen molar-refractivity contribution in [1.29, 1.82) is 0 Å². The Morgan fingerprint density at radius 1 is 1.08 bits per heavy atom. The van der Waals surface area contributed by atoms with Crippen LogP contribution in [-0.2, 0) is 11.3 Å². The summed E-state index contributed by atoms with van der Waals surface area (Å²) in [6, 6.07) is 5.52. The number of nitrogens with zero attached hydrogens (tertiary/aromatic N) is 2. The number of aromatic nitrogens is 1. The van der Waals surface area contributed by atoms with E-state index in [0.717, 1.165) is 31.6 Å². The van der Waals surface area contributed by atoms with Crippen LogP contribution in [0.25, 0.3) is 10.9 Å². The third kappa shape index (κ3) is 3.97. The first-order chi connectivity index (χ1) is 12.5. The molecule has 0 unspecified atom stereocenters. The molecule has 1 aliphatic rings. The number of hydrogen-bond donors (Lipinski definition) is 2. The monoisotopic (exact) mass is 360 g/mol. The van der Waals surface area contributed by atoms with Crippen LogP contribution in [0.5, 0.6) is 11.5 Å². The predicted molar refractivity (Wildman–Crippen MR) is 98.6 cm³/mol. The highest BCUT2D eigenvalue weighted by Crippen LogP contribution is 2.31. The van der Waals surface area contributed by atoms with Crippen molar-refractivity contribution in [2.45, 2.75) is 6.54 Å². The third-order valence-corrected chi connectivity index (χ3v) is 4.66. The SMILES string of the molecule is COc1cc2cc(CN3CCN(CC(N)=O)CC3)c(=O)[nH]c2cc1OC. The van der Waals surface area contributed by atoms with Crippen LogP contribution >= 0.6 is 0 Å². The first-order valence-corrected chi connectivity index (χ1v) is 8.51. The highest BCUT2D eigenvalue weighted by molar-refractivity contribution is 5.83. The van der Waals surface area contributed by atoms with E-state index in [4.69, 9.17) is 15.2 Å². The molecule has 140 valence electrons. The smallest absolute Gasteiger partial charge is 0.252 e. The Morgan fingerprint density at radius 3 is 2.31 bits per heavy atom. The fourth-order valence-corrected chi connectivity index (χ4v) is 3.26. The average molecular weight is 360 g/mol. The Morgan fingerprint density at radius 2 is 1.69 bits per heavy atom. The first kappa shape index (κ1) is 18.2. The maximum atomic E-state index is 12.4. The molecule has 0 atom stereocenters. The topological polar surface area (TPSA) is 101 Å². The molecule has 2 aromatic rings. The second kappa shape index (κ2) is 7.76. The second-order valence-corrected chi connectivity index (χ2v) is 6.44. The van der Waals surface area contributed by atoms with Crippen LogP contribution in [-0.4, -0.2) is 67.6 Å². The molecule has 1 saturated heterocycles. The van der Waals surface area contributed by atoms with Gasteiger partial charge in [0.05, 0.1) is 26.3 Å². The summed E-state index contributed by atoms with van der Waals surface area (Å²) in [4.78, 5) is 30.6. The van der Waals surface area contributed by atoms with Crippen molar-refractivity contribution in [2.24, 2.45) is 5.73 Å². The molecule has 8 nitrogen and oxygen atoms in total. The number of pyridine rings is 1. The highest BCUT2D eigenvalue weighted by Gasteiger charge is 2.19. The fraction of sp³-hybridized carbons (Fsp3) is 0.444. The molecule has 1 aromatic heterocycles. The van der Waals surface area contributed by atoms with E-state index in [1.807, 2.05) is 17.0 Å². The first-order valence-electron chi connectivity index (χ1n) is 8.51. The van der Waals surface area contributed by atoms with E-state index in [2.05, 4.69) is 9.88 Å². The molecule has 8 heteroatoms. The van der Waals surface area contributed by atoms with Crippen LogP contribution in [0.3, 0.4) is 0 Å². The van der Waals surface area contributed by atoms with Crippen molar-refractivity contribution >= 4 is 16.8 Å². The van der Waals surface area contributed by atoms with Gasteiger partial charge in [-0.2, -0.15) is 0 Å². The minimum Gasteiger partial charge on any atom is -0.493 e. The Bertz CT molecular complexity index is 856. The summed E-state index contributed by atoms with van der Waals surface area (Å²) in [6.45, 7) is 3.95. The summed E-state index contributed by atoms with van der Waals surface area (Å²) < 4.78 is 10.6. The van der Waals surface area contributed by atoms with Gasteiger partial charge in [-0.15, -0.1) is 0 Å². The fourth-order valence-electron chi connectivity index (χ4n) is 3.26. The van der Waals surface area contributed by atoms with Crippen molar-refractivity contribution in [3.05, 3.63) is 34.1 Å². The summed E-state index contributed by atoms with van der Waals surface area (Å²) in [6.07, 6.45) is 0. The van der Waals surface area contributed by atoms with E-state index in [1.54, 1.807) is 20.3 Å². The van der Waals surface area contributed by atoms with E-state index in [-0.39, 0.29) is 18.0 Å². The number of rotatable bonds is 6. The zero-order valence-electron chi connectivity index (χ0n) is 15.1. The van der Waals surface area contributed by atoms with Gasteiger partial charge in [-0.05, 0) is 12.1 Å². The van der Waals surface area contributed by atoms with Gasteiger partial charge in [-0.1, -0.05) is 0 Å². The van der Waals surface area contributed by atoms with Crippen LogP contribution in [0.1, 0.15) is 5.56 Å². The summed E-state index contributed by atoms with van der Waals surface area (Å²) in [5, 5.41) is 0.893. The number of piperazine rings is 1. The van der Waals surface area contributed by atoms with Crippen LogP contribution in [0.2, 0.25) is 0 Å². The molecule has 2 heterocycles. The second-order valence-electron chi connectivity index (χ2n) is 6.44. The molecule has 0 aliphatic carbocycles. The van der Waals surface area contributed by atoms with Crippen molar-refractivity contribution in [1.82, 2.24) is 14.8 Å². The number of aromatic amines is 1. The number of carbonyl (C=O) groups is 1. The number of primary amides is 1. The third-order valence-electron chi connectivity index (χ3n) is 4.66. The number of ether oxygens (including phenoxy) is 2. The number of carbonyl (C=O) groups excluding carboxylic acids is 1. The summed E-state index contributed by atoms with van der Waals surface area (Å²) in [5.74, 6) is 0.890. The number of hydrogen-bond acceptors (Lipinski definition) is 6. The summed E-state index contributed by atoms with van der Waals surface area (Å²) >= 11 is 0. The minimum atomic E-state index is -0.311. The van der Waals surface area contributed by atoms with E-state index >= 15 is 0 Å². The number of methoxy groups -OCH3 is 2. The molecule has 0 radical (unpaired) electrons. The summed E-state index contributed by atoms with van der Waals surface area (Å²) in [5.41, 5.74) is 6.55. The normalized spacial score (nSPS) is 15.9. The van der Waals surface area contributed by atoms with Crippen molar-refractivity contribution < 1.29 is 14.3 Å². The Hall–Kier alpha value is -2.58. The molecule has 1 aliphatic heterocycles. The molecule has 0 saturated carbocycles. The van der Waals surface area contributed by atoms with E-state index in [0.29, 0.717) is 29.1 Å². The molecular weight excluding hydrogens is 336 g/mol. The number of fused-ring (bicyclic) bond motifs is 1. The Balaban J connectivity index is 1.77.